The van der Waals surface area contributed by atoms with Crippen LogP contribution in [0.2, 0.25) is 5.02 Å². The number of carbonyl (C=O) groups excluding carboxylic acids is 2. The monoisotopic (exact) mass is 302 g/mol. The minimum absolute atomic E-state index is 0.00141. The van der Waals surface area contributed by atoms with Crippen LogP contribution in [0.1, 0.15) is 19.3 Å². The number of imide groups is 1. The van der Waals surface area contributed by atoms with Gasteiger partial charge in [-0.3, -0.25) is 14.9 Å². The van der Waals surface area contributed by atoms with Gasteiger partial charge in [-0.25, -0.2) is 9.18 Å². The Labute approximate surface area is 118 Å². The molecule has 0 saturated heterocycles. The van der Waals surface area contributed by atoms with Crippen LogP contribution in [0.3, 0.4) is 0 Å². The Balaban J connectivity index is 2.47. The minimum atomic E-state index is -1.03. The number of hydrogen-bond acceptors (Lipinski definition) is 3. The fourth-order valence-electron chi connectivity index (χ4n) is 1.35. The van der Waals surface area contributed by atoms with Gasteiger partial charge >= 0.3 is 12.0 Å². The fourth-order valence-corrected chi connectivity index (χ4v) is 1.56. The second-order valence-corrected chi connectivity index (χ2v) is 4.25. The smallest absolute Gasteiger partial charge is 0.326 e. The van der Waals surface area contributed by atoms with E-state index in [1.165, 1.54) is 12.1 Å². The molecule has 3 N–H and O–H groups in total. The lowest BCUT2D eigenvalue weighted by molar-refractivity contribution is -0.137. The Bertz CT molecular complexity index is 516. The molecule has 3 amide bonds. The predicted molar refractivity (Wildman–Crippen MR) is 70.1 cm³/mol. The van der Waals surface area contributed by atoms with Gasteiger partial charge in [-0.15, -0.1) is 0 Å². The van der Waals surface area contributed by atoms with Crippen molar-refractivity contribution in [3.8, 4) is 0 Å². The lowest BCUT2D eigenvalue weighted by atomic mass is 10.2. The largest absolute Gasteiger partial charge is 0.481 e. The Kier molecular flexibility index (Phi) is 5.92. The summed E-state index contributed by atoms with van der Waals surface area (Å²) in [4.78, 5) is 33.0. The molecule has 0 aliphatic carbocycles. The van der Waals surface area contributed by atoms with E-state index >= 15 is 0 Å². The van der Waals surface area contributed by atoms with Crippen LogP contribution in [-0.4, -0.2) is 23.0 Å². The molecular formula is C12H12ClFN2O4. The summed E-state index contributed by atoms with van der Waals surface area (Å²) in [7, 11) is 0. The highest BCUT2D eigenvalue weighted by atomic mass is 35.5. The van der Waals surface area contributed by atoms with Crippen LogP contribution in [0.4, 0.5) is 14.9 Å². The van der Waals surface area contributed by atoms with Gasteiger partial charge in [-0.2, -0.15) is 0 Å². The summed E-state index contributed by atoms with van der Waals surface area (Å²) in [6.07, 6.45) is -0.187. The zero-order chi connectivity index (χ0) is 15.1. The number of amides is 3. The molecule has 0 atom stereocenters. The average molecular weight is 303 g/mol. The third-order valence-electron chi connectivity index (χ3n) is 2.25. The van der Waals surface area contributed by atoms with Gasteiger partial charge < -0.3 is 10.4 Å². The maximum absolute atomic E-state index is 13.4. The molecule has 8 heteroatoms. The molecule has 20 heavy (non-hydrogen) atoms. The minimum Gasteiger partial charge on any atom is -0.481 e. The van der Waals surface area contributed by atoms with E-state index in [1.807, 2.05) is 5.32 Å². The van der Waals surface area contributed by atoms with E-state index in [2.05, 4.69) is 5.32 Å². The maximum atomic E-state index is 13.4. The molecule has 0 fully saturated rings. The molecule has 1 aromatic rings. The first-order chi connectivity index (χ1) is 9.40. The van der Waals surface area contributed by atoms with Crippen LogP contribution in [0.5, 0.6) is 0 Å². The fraction of sp³-hybridized carbons (Fsp3) is 0.250. The van der Waals surface area contributed by atoms with Crippen LogP contribution < -0.4 is 10.6 Å². The number of urea groups is 1. The zero-order valence-electron chi connectivity index (χ0n) is 10.3. The molecule has 0 radical (unpaired) electrons. The number of aliphatic carboxylic acids is 1. The number of rotatable bonds is 5. The predicted octanol–water partition coefficient (Wildman–Crippen LogP) is 2.38. The van der Waals surface area contributed by atoms with Crippen LogP contribution in [0, 0.1) is 5.82 Å². The molecule has 1 aromatic carbocycles. The van der Waals surface area contributed by atoms with Gasteiger partial charge in [0.05, 0.1) is 10.7 Å². The zero-order valence-corrected chi connectivity index (χ0v) is 11.0. The van der Waals surface area contributed by atoms with E-state index in [9.17, 15) is 18.8 Å². The number of benzene rings is 1. The number of nitrogens with one attached hydrogen (secondary N) is 2. The summed E-state index contributed by atoms with van der Waals surface area (Å²) in [6.45, 7) is 0. The number of hydrogen-bond donors (Lipinski definition) is 3. The molecule has 1 rings (SSSR count). The Morgan fingerprint density at radius 2 is 1.95 bits per heavy atom. The Morgan fingerprint density at radius 1 is 1.25 bits per heavy atom. The third-order valence-corrected chi connectivity index (χ3v) is 2.56. The number of carbonyl (C=O) groups is 3. The first-order valence-corrected chi connectivity index (χ1v) is 6.04. The number of para-hydroxylation sites is 1. The first-order valence-electron chi connectivity index (χ1n) is 5.67. The van der Waals surface area contributed by atoms with Gasteiger partial charge in [0.2, 0.25) is 5.91 Å². The van der Waals surface area contributed by atoms with Crippen LogP contribution in [-0.2, 0) is 9.59 Å². The molecule has 0 aliphatic rings. The molecule has 0 heterocycles. The number of carboxylic acid groups (broad SMARTS) is 1. The van der Waals surface area contributed by atoms with Crippen molar-refractivity contribution in [2.75, 3.05) is 5.32 Å². The highest BCUT2D eigenvalue weighted by Gasteiger charge is 2.13. The van der Waals surface area contributed by atoms with Crippen LogP contribution >= 0.6 is 11.6 Å². The normalized spacial score (nSPS) is 9.90. The molecule has 108 valence electrons. The van der Waals surface area contributed by atoms with Gasteiger partial charge in [-0.1, -0.05) is 17.7 Å². The molecule has 0 bridgehead atoms. The van der Waals surface area contributed by atoms with Crippen molar-refractivity contribution < 1.29 is 23.9 Å². The highest BCUT2D eigenvalue weighted by Crippen LogP contribution is 2.24. The van der Waals surface area contributed by atoms with Crippen molar-refractivity contribution in [2.24, 2.45) is 0 Å². The van der Waals surface area contributed by atoms with Crippen molar-refractivity contribution >= 4 is 35.2 Å². The van der Waals surface area contributed by atoms with Crippen molar-refractivity contribution in [1.82, 2.24) is 5.32 Å². The van der Waals surface area contributed by atoms with Gasteiger partial charge in [0, 0.05) is 12.8 Å². The van der Waals surface area contributed by atoms with Crippen LogP contribution in [0.25, 0.3) is 0 Å². The quantitative estimate of drug-likeness (QED) is 0.778. The average Bonchev–Trinajstić information content (AvgIpc) is 2.33. The summed E-state index contributed by atoms with van der Waals surface area (Å²) >= 11 is 5.70. The second-order valence-electron chi connectivity index (χ2n) is 3.85. The number of carboxylic acids is 1. The Hall–Kier alpha value is -2.15. The topological polar surface area (TPSA) is 95.5 Å². The molecule has 0 spiro atoms. The summed E-state index contributed by atoms with van der Waals surface area (Å²) in [5.74, 6) is -2.41. The van der Waals surface area contributed by atoms with E-state index in [4.69, 9.17) is 16.7 Å². The van der Waals surface area contributed by atoms with E-state index in [0.29, 0.717) is 0 Å². The van der Waals surface area contributed by atoms with Crippen molar-refractivity contribution in [1.29, 1.82) is 0 Å². The number of anilines is 1. The molecule has 0 saturated carbocycles. The molecule has 6 nitrogen and oxygen atoms in total. The van der Waals surface area contributed by atoms with E-state index < -0.39 is 23.7 Å². The third kappa shape index (κ3) is 5.23. The number of halogens is 2. The lowest BCUT2D eigenvalue weighted by Crippen LogP contribution is -2.34. The summed E-state index contributed by atoms with van der Waals surface area (Å²) < 4.78 is 13.4. The summed E-state index contributed by atoms with van der Waals surface area (Å²) in [6, 6.07) is 2.93. The molecule has 0 aromatic heterocycles. The molecule has 0 aliphatic heterocycles. The maximum Gasteiger partial charge on any atom is 0.326 e. The summed E-state index contributed by atoms with van der Waals surface area (Å²) in [5, 5.41) is 12.5. The first kappa shape index (κ1) is 15.9. The van der Waals surface area contributed by atoms with Gasteiger partial charge in [0.25, 0.3) is 0 Å². The lowest BCUT2D eigenvalue weighted by Gasteiger charge is -2.08. The van der Waals surface area contributed by atoms with E-state index in [-0.39, 0.29) is 30.0 Å². The highest BCUT2D eigenvalue weighted by molar-refractivity contribution is 6.33. The van der Waals surface area contributed by atoms with E-state index in [1.54, 1.807) is 0 Å². The Morgan fingerprint density at radius 3 is 2.55 bits per heavy atom. The molecular weight excluding hydrogens is 291 g/mol. The standard InChI is InChI=1S/C12H12ClFN2O4/c13-7-3-1-4-8(14)11(7)16-12(20)15-9(17)5-2-6-10(18)19/h1,3-4H,2,5-6H2,(H,18,19)(H2,15,16,17,20). The van der Waals surface area contributed by atoms with Crippen molar-refractivity contribution in [3.05, 3.63) is 29.0 Å². The SMILES string of the molecule is O=C(O)CCCC(=O)NC(=O)Nc1c(F)cccc1Cl. The summed E-state index contributed by atoms with van der Waals surface area (Å²) in [5.41, 5.74) is -0.231. The van der Waals surface area contributed by atoms with Gasteiger partial charge in [0.15, 0.2) is 0 Å². The van der Waals surface area contributed by atoms with Gasteiger partial charge in [-0.05, 0) is 18.6 Å². The van der Waals surface area contributed by atoms with Crippen molar-refractivity contribution in [2.45, 2.75) is 19.3 Å². The van der Waals surface area contributed by atoms with Crippen LogP contribution in [0.15, 0.2) is 18.2 Å². The van der Waals surface area contributed by atoms with E-state index in [0.717, 1.165) is 6.07 Å². The second kappa shape index (κ2) is 7.44. The van der Waals surface area contributed by atoms with Crippen molar-refractivity contribution in [3.63, 3.8) is 0 Å². The molecule has 0 unspecified atom stereocenters. The van der Waals surface area contributed by atoms with Gasteiger partial charge in [0.1, 0.15) is 5.82 Å².